The molecule has 0 atom stereocenters. The van der Waals surface area contributed by atoms with E-state index >= 15 is 0 Å². The lowest BCUT2D eigenvalue weighted by Crippen LogP contribution is -2.03. The predicted molar refractivity (Wildman–Crippen MR) is 65.4 cm³/mol. The summed E-state index contributed by atoms with van der Waals surface area (Å²) >= 11 is 4.92. The van der Waals surface area contributed by atoms with E-state index in [1.165, 1.54) is 0 Å². The number of aromatic nitrogens is 2. The molecule has 0 bridgehead atoms. The second kappa shape index (κ2) is 7.46. The van der Waals surface area contributed by atoms with Gasteiger partial charge in [0, 0.05) is 0 Å². The van der Waals surface area contributed by atoms with Crippen LogP contribution in [0.5, 0.6) is 0 Å². The van der Waals surface area contributed by atoms with Crippen molar-refractivity contribution in [3.05, 3.63) is 59.2 Å². The molecule has 0 aliphatic rings. The number of rotatable bonds is 2. The van der Waals surface area contributed by atoms with Gasteiger partial charge >= 0.3 is 5.97 Å². The number of carboxylic acids is 1. The van der Waals surface area contributed by atoms with Crippen LogP contribution >= 0.6 is 11.6 Å². The van der Waals surface area contributed by atoms with E-state index in [1.54, 1.807) is 0 Å². The largest absolute Gasteiger partial charge is 0.478 e. The summed E-state index contributed by atoms with van der Waals surface area (Å²) in [5.74, 6) is -5.98. The number of pyridine rings is 2. The van der Waals surface area contributed by atoms with Crippen molar-refractivity contribution in [2.75, 3.05) is 0 Å². The summed E-state index contributed by atoms with van der Waals surface area (Å²) in [4.78, 5) is 25.9. The smallest absolute Gasteiger partial charge is 0.340 e. The SMILES string of the molecule is O=C(Cl)c1ccc(F)nc1F.O=C(O)c1ccc(F)nc1F. The first-order valence-electron chi connectivity index (χ1n) is 5.29. The standard InChI is InChI=1S/C6H2ClF2NO.C6H3F2NO2/c7-5(11)3-1-2-4(8)10-6(3)9;7-4-2-1-3(6(10)11)5(8)9-4/h1-2H;1-2H,(H,10,11). The Morgan fingerprint density at radius 2 is 1.27 bits per heavy atom. The molecule has 0 saturated carbocycles. The van der Waals surface area contributed by atoms with Crippen LogP contribution in [0.25, 0.3) is 0 Å². The zero-order valence-corrected chi connectivity index (χ0v) is 11.1. The lowest BCUT2D eigenvalue weighted by molar-refractivity contribution is 0.0690. The normalized spacial score (nSPS) is 9.68. The van der Waals surface area contributed by atoms with Gasteiger partial charge in [0.25, 0.3) is 5.24 Å². The van der Waals surface area contributed by atoms with Crippen LogP contribution < -0.4 is 0 Å². The average Bonchev–Trinajstić information content (AvgIpc) is 2.38. The summed E-state index contributed by atoms with van der Waals surface area (Å²) in [5, 5.41) is 7.26. The van der Waals surface area contributed by atoms with Gasteiger partial charge in [-0.3, -0.25) is 4.79 Å². The number of hydrogen-bond acceptors (Lipinski definition) is 4. The van der Waals surface area contributed by atoms with Crippen molar-refractivity contribution in [3.8, 4) is 0 Å². The van der Waals surface area contributed by atoms with Gasteiger partial charge in [-0.2, -0.15) is 27.5 Å². The van der Waals surface area contributed by atoms with Crippen molar-refractivity contribution < 1.29 is 32.3 Å². The molecule has 1 N–H and O–H groups in total. The first kappa shape index (κ1) is 17.5. The minimum absolute atomic E-state index is 0.423. The van der Waals surface area contributed by atoms with Crippen LogP contribution in [0.2, 0.25) is 0 Å². The Bertz CT molecular complexity index is 666. The van der Waals surface area contributed by atoms with Crippen molar-refractivity contribution in [1.29, 1.82) is 0 Å². The first-order valence-corrected chi connectivity index (χ1v) is 5.67. The summed E-state index contributed by atoms with van der Waals surface area (Å²) in [6.45, 7) is 0. The summed E-state index contributed by atoms with van der Waals surface area (Å²) in [6.07, 6.45) is 0. The molecule has 2 aromatic heterocycles. The van der Waals surface area contributed by atoms with Gasteiger partial charge in [0.1, 0.15) is 5.56 Å². The number of nitrogens with zero attached hydrogens (tertiary/aromatic N) is 2. The summed E-state index contributed by atoms with van der Waals surface area (Å²) < 4.78 is 49.0. The van der Waals surface area contributed by atoms with Crippen LogP contribution in [0.1, 0.15) is 20.7 Å². The van der Waals surface area contributed by atoms with Gasteiger partial charge < -0.3 is 5.11 Å². The molecule has 0 aromatic carbocycles. The highest BCUT2D eigenvalue weighted by Crippen LogP contribution is 2.08. The van der Waals surface area contributed by atoms with Gasteiger partial charge in [-0.25, -0.2) is 4.79 Å². The molecular weight excluding hydrogens is 332 g/mol. The van der Waals surface area contributed by atoms with Gasteiger partial charge in [-0.15, -0.1) is 0 Å². The highest BCUT2D eigenvalue weighted by Gasteiger charge is 2.11. The highest BCUT2D eigenvalue weighted by atomic mass is 35.5. The maximum absolute atomic E-state index is 12.4. The topological polar surface area (TPSA) is 80.2 Å². The first-order chi connectivity index (χ1) is 10.2. The number of aromatic carboxylic acids is 1. The number of halogens is 5. The maximum atomic E-state index is 12.4. The van der Waals surface area contributed by atoms with Crippen LogP contribution in [0.4, 0.5) is 17.6 Å². The van der Waals surface area contributed by atoms with Gasteiger partial charge in [0.2, 0.25) is 23.8 Å². The van der Waals surface area contributed by atoms with E-state index in [-0.39, 0.29) is 0 Å². The molecule has 0 aliphatic carbocycles. The van der Waals surface area contributed by atoms with Crippen LogP contribution in [-0.2, 0) is 0 Å². The fourth-order valence-corrected chi connectivity index (χ4v) is 1.27. The zero-order chi connectivity index (χ0) is 16.9. The average molecular weight is 337 g/mol. The van der Waals surface area contributed by atoms with Crippen molar-refractivity contribution in [1.82, 2.24) is 9.97 Å². The van der Waals surface area contributed by atoms with Gasteiger partial charge in [0.15, 0.2) is 0 Å². The van der Waals surface area contributed by atoms with Crippen LogP contribution in [0.3, 0.4) is 0 Å². The van der Waals surface area contributed by atoms with E-state index in [9.17, 15) is 27.2 Å². The molecule has 0 radical (unpaired) electrons. The molecule has 0 saturated heterocycles. The fourth-order valence-electron chi connectivity index (χ4n) is 1.13. The number of hydrogen-bond donors (Lipinski definition) is 1. The third-order valence-electron chi connectivity index (χ3n) is 2.07. The molecule has 116 valence electrons. The molecular formula is C12H5ClF4N2O3. The van der Waals surface area contributed by atoms with E-state index in [0.29, 0.717) is 0 Å². The van der Waals surface area contributed by atoms with E-state index in [0.717, 1.165) is 24.3 Å². The second-order valence-corrected chi connectivity index (χ2v) is 3.87. The third kappa shape index (κ3) is 4.77. The summed E-state index contributed by atoms with van der Waals surface area (Å²) in [6, 6.07) is 3.40. The van der Waals surface area contributed by atoms with E-state index < -0.39 is 46.1 Å². The lowest BCUT2D eigenvalue weighted by Gasteiger charge is -1.93. The number of carbonyl (C=O) groups excluding carboxylic acids is 1. The van der Waals surface area contributed by atoms with Crippen molar-refractivity contribution in [2.45, 2.75) is 0 Å². The Balaban J connectivity index is 0.000000220. The monoisotopic (exact) mass is 336 g/mol. The minimum atomic E-state index is -1.46. The summed E-state index contributed by atoms with van der Waals surface area (Å²) in [5.41, 5.74) is -1.06. The number of carbonyl (C=O) groups is 2. The summed E-state index contributed by atoms with van der Waals surface area (Å²) in [7, 11) is 0. The van der Waals surface area contributed by atoms with Crippen molar-refractivity contribution in [3.63, 3.8) is 0 Å². The minimum Gasteiger partial charge on any atom is -0.478 e. The van der Waals surface area contributed by atoms with Gasteiger partial charge in [-0.05, 0) is 35.9 Å². The Kier molecular flexibility index (Phi) is 5.93. The Morgan fingerprint density at radius 1 is 0.864 bits per heavy atom. The molecule has 5 nitrogen and oxygen atoms in total. The van der Waals surface area contributed by atoms with Crippen LogP contribution in [-0.4, -0.2) is 26.3 Å². The highest BCUT2D eigenvalue weighted by molar-refractivity contribution is 6.67. The van der Waals surface area contributed by atoms with Crippen LogP contribution in [0.15, 0.2) is 24.3 Å². The van der Waals surface area contributed by atoms with Crippen molar-refractivity contribution in [2.24, 2.45) is 0 Å². The van der Waals surface area contributed by atoms with Gasteiger partial charge in [0.05, 0.1) is 5.56 Å². The van der Waals surface area contributed by atoms with E-state index in [2.05, 4.69) is 9.97 Å². The van der Waals surface area contributed by atoms with E-state index in [4.69, 9.17) is 16.7 Å². The zero-order valence-electron chi connectivity index (χ0n) is 10.4. The quantitative estimate of drug-likeness (QED) is 0.518. The predicted octanol–water partition coefficient (Wildman–Crippen LogP) is 2.80. The number of carboxylic acid groups (broad SMARTS) is 1. The molecule has 10 heteroatoms. The Morgan fingerprint density at radius 3 is 1.59 bits per heavy atom. The second-order valence-electron chi connectivity index (χ2n) is 3.52. The molecule has 2 rings (SSSR count). The molecule has 0 aliphatic heterocycles. The van der Waals surface area contributed by atoms with Gasteiger partial charge in [-0.1, -0.05) is 0 Å². The molecule has 0 spiro atoms. The Hall–Kier alpha value is -2.55. The maximum Gasteiger partial charge on any atom is 0.340 e. The van der Waals surface area contributed by atoms with Crippen molar-refractivity contribution >= 4 is 22.8 Å². The molecule has 0 amide bonds. The fraction of sp³-hybridized carbons (Fsp3) is 0. The molecule has 2 aromatic rings. The molecule has 2 heterocycles. The molecule has 0 unspecified atom stereocenters. The molecule has 22 heavy (non-hydrogen) atoms. The van der Waals surface area contributed by atoms with Crippen LogP contribution in [0, 0.1) is 23.8 Å². The van der Waals surface area contributed by atoms with E-state index in [1.807, 2.05) is 0 Å². The molecule has 0 fully saturated rings. The Labute approximate surface area is 125 Å². The lowest BCUT2D eigenvalue weighted by atomic mass is 10.3. The third-order valence-corrected chi connectivity index (χ3v) is 2.28.